The third kappa shape index (κ3) is 6.29. The summed E-state index contributed by atoms with van der Waals surface area (Å²) in [4.78, 5) is 15.0. The van der Waals surface area contributed by atoms with Crippen molar-refractivity contribution in [1.82, 2.24) is 4.90 Å². The van der Waals surface area contributed by atoms with E-state index in [-0.39, 0.29) is 5.91 Å². The molecule has 5 nitrogen and oxygen atoms in total. The molecule has 26 heavy (non-hydrogen) atoms. The lowest BCUT2D eigenvalue weighted by molar-refractivity contribution is -0.136. The van der Waals surface area contributed by atoms with Crippen LogP contribution in [0.5, 0.6) is 5.75 Å². The van der Waals surface area contributed by atoms with Crippen LogP contribution in [0.1, 0.15) is 52.4 Å². The molecule has 1 atom stereocenters. The lowest BCUT2D eigenvalue weighted by Crippen LogP contribution is -2.41. The highest BCUT2D eigenvalue weighted by Gasteiger charge is 2.32. The summed E-state index contributed by atoms with van der Waals surface area (Å²) >= 11 is 0. The lowest BCUT2D eigenvalue weighted by atomic mass is 9.97. The molecule has 0 spiro atoms. The first-order chi connectivity index (χ1) is 12.6. The van der Waals surface area contributed by atoms with Gasteiger partial charge in [-0.05, 0) is 63.5 Å². The second-order valence-electron chi connectivity index (χ2n) is 7.27. The number of anilines is 1. The normalized spacial score (nSPS) is 17.5. The Hall–Kier alpha value is -1.59. The molecule has 1 aliphatic heterocycles. The number of unbranched alkanes of at least 4 members (excludes halogenated alkanes) is 1. The van der Waals surface area contributed by atoms with Crippen LogP contribution in [-0.2, 0) is 9.53 Å². The molecule has 5 heteroatoms. The van der Waals surface area contributed by atoms with E-state index in [1.165, 1.54) is 32.4 Å². The van der Waals surface area contributed by atoms with Crippen LogP contribution in [0.15, 0.2) is 24.3 Å². The topological polar surface area (TPSA) is 50.8 Å². The van der Waals surface area contributed by atoms with Crippen molar-refractivity contribution < 1.29 is 14.3 Å². The van der Waals surface area contributed by atoms with Crippen molar-refractivity contribution in [3.63, 3.8) is 0 Å². The molecule has 1 aromatic rings. The number of hydrogen-bond donors (Lipinski definition) is 1. The number of methoxy groups -OCH3 is 1. The number of hydrogen-bond acceptors (Lipinski definition) is 4. The van der Waals surface area contributed by atoms with Crippen LogP contribution < -0.4 is 10.1 Å². The van der Waals surface area contributed by atoms with Gasteiger partial charge in [-0.2, -0.15) is 0 Å². The number of likely N-dealkylation sites (tertiary alicyclic amines) is 1. The van der Waals surface area contributed by atoms with Crippen molar-refractivity contribution in [2.24, 2.45) is 0 Å². The van der Waals surface area contributed by atoms with Gasteiger partial charge >= 0.3 is 0 Å². The van der Waals surface area contributed by atoms with Crippen LogP contribution in [0, 0.1) is 0 Å². The van der Waals surface area contributed by atoms with E-state index in [1.54, 1.807) is 7.11 Å². The average molecular weight is 363 g/mol. The van der Waals surface area contributed by atoms with Crippen LogP contribution >= 0.6 is 0 Å². The Kier molecular flexibility index (Phi) is 8.39. The molecule has 1 aliphatic rings. The van der Waals surface area contributed by atoms with Gasteiger partial charge in [0.15, 0.2) is 0 Å². The van der Waals surface area contributed by atoms with Crippen molar-refractivity contribution in [2.45, 2.75) is 58.0 Å². The predicted molar refractivity (Wildman–Crippen MR) is 106 cm³/mol. The van der Waals surface area contributed by atoms with Crippen molar-refractivity contribution in [2.75, 3.05) is 38.7 Å². The number of carbonyl (C=O) groups excluding carboxylic acids is 1. The second kappa shape index (κ2) is 10.5. The van der Waals surface area contributed by atoms with E-state index < -0.39 is 5.60 Å². The molecular weight excluding hydrogens is 328 g/mol. The standard InChI is InChI=1S/C21H34N2O3/c1-4-5-13-21(2,25-3)20(24)22-18-9-11-19(12-10-18)26-17-16-23-14-7-6-8-15-23/h9-12H,4-8,13-17H2,1-3H3,(H,22,24)/t21-/m1/s1. The van der Waals surface area contributed by atoms with E-state index in [0.29, 0.717) is 13.0 Å². The Bertz CT molecular complexity index is 541. The van der Waals surface area contributed by atoms with E-state index in [9.17, 15) is 4.79 Å². The Balaban J connectivity index is 1.79. The molecule has 0 radical (unpaired) electrons. The zero-order chi connectivity index (χ0) is 18.8. The summed E-state index contributed by atoms with van der Waals surface area (Å²) in [6.07, 6.45) is 6.66. The minimum absolute atomic E-state index is 0.104. The maximum Gasteiger partial charge on any atom is 0.256 e. The fourth-order valence-corrected chi connectivity index (χ4v) is 3.20. The fraction of sp³-hybridized carbons (Fsp3) is 0.667. The molecule has 1 N–H and O–H groups in total. The first-order valence-corrected chi connectivity index (χ1v) is 9.89. The molecule has 0 saturated carbocycles. The SMILES string of the molecule is CCCC[C@@](C)(OC)C(=O)Nc1ccc(OCCN2CCCCC2)cc1. The molecular formula is C21H34N2O3. The maximum atomic E-state index is 12.5. The third-order valence-corrected chi connectivity index (χ3v) is 5.18. The van der Waals surface area contributed by atoms with Gasteiger partial charge in [0.05, 0.1) is 0 Å². The maximum absolute atomic E-state index is 12.5. The summed E-state index contributed by atoms with van der Waals surface area (Å²) in [6.45, 7) is 8.00. The zero-order valence-corrected chi connectivity index (χ0v) is 16.6. The van der Waals surface area contributed by atoms with E-state index in [0.717, 1.165) is 30.8 Å². The molecule has 1 heterocycles. The second-order valence-corrected chi connectivity index (χ2v) is 7.27. The molecule has 1 amide bonds. The molecule has 1 saturated heterocycles. The number of rotatable bonds is 10. The van der Waals surface area contributed by atoms with Crippen LogP contribution in [0.2, 0.25) is 0 Å². The molecule has 0 unspecified atom stereocenters. The highest BCUT2D eigenvalue weighted by molar-refractivity contribution is 5.97. The molecule has 0 aliphatic carbocycles. The number of nitrogens with one attached hydrogen (secondary N) is 1. The number of carbonyl (C=O) groups is 1. The number of ether oxygens (including phenoxy) is 2. The molecule has 0 bridgehead atoms. The van der Waals surface area contributed by atoms with Crippen LogP contribution in [0.3, 0.4) is 0 Å². The summed E-state index contributed by atoms with van der Waals surface area (Å²) in [7, 11) is 1.59. The Morgan fingerprint density at radius 3 is 2.50 bits per heavy atom. The van der Waals surface area contributed by atoms with Crippen molar-refractivity contribution in [3.05, 3.63) is 24.3 Å². The van der Waals surface area contributed by atoms with Gasteiger partial charge in [-0.25, -0.2) is 0 Å². The van der Waals surface area contributed by atoms with Crippen molar-refractivity contribution in [1.29, 1.82) is 0 Å². The lowest BCUT2D eigenvalue weighted by Gasteiger charge is -2.27. The van der Waals surface area contributed by atoms with Gasteiger partial charge in [-0.3, -0.25) is 9.69 Å². The average Bonchev–Trinajstić information content (AvgIpc) is 2.68. The summed E-state index contributed by atoms with van der Waals surface area (Å²) in [6, 6.07) is 7.57. The molecule has 1 aromatic carbocycles. The third-order valence-electron chi connectivity index (χ3n) is 5.18. The van der Waals surface area contributed by atoms with Crippen molar-refractivity contribution in [3.8, 4) is 5.75 Å². The predicted octanol–water partition coefficient (Wildman–Crippen LogP) is 4.09. The Morgan fingerprint density at radius 1 is 1.19 bits per heavy atom. The minimum Gasteiger partial charge on any atom is -0.492 e. The molecule has 1 fully saturated rings. The minimum atomic E-state index is -0.792. The van der Waals surface area contributed by atoms with Crippen LogP contribution in [0.25, 0.3) is 0 Å². The zero-order valence-electron chi connectivity index (χ0n) is 16.6. The van der Waals surface area contributed by atoms with Gasteiger partial charge in [-0.1, -0.05) is 26.2 Å². The molecule has 2 rings (SSSR count). The highest BCUT2D eigenvalue weighted by atomic mass is 16.5. The summed E-state index contributed by atoms with van der Waals surface area (Å²) < 4.78 is 11.3. The van der Waals surface area contributed by atoms with E-state index >= 15 is 0 Å². The Morgan fingerprint density at radius 2 is 1.88 bits per heavy atom. The van der Waals surface area contributed by atoms with Crippen LogP contribution in [-0.4, -0.2) is 49.8 Å². The number of amides is 1. The Labute approximate surface area is 158 Å². The first kappa shape index (κ1) is 20.7. The monoisotopic (exact) mass is 362 g/mol. The molecule has 146 valence electrons. The van der Waals surface area contributed by atoms with Crippen LogP contribution in [0.4, 0.5) is 5.69 Å². The van der Waals surface area contributed by atoms with Gasteiger partial charge in [0.25, 0.3) is 5.91 Å². The number of nitrogens with zero attached hydrogens (tertiary/aromatic N) is 1. The van der Waals surface area contributed by atoms with Gasteiger partial charge in [0.2, 0.25) is 0 Å². The van der Waals surface area contributed by atoms with E-state index in [2.05, 4.69) is 17.1 Å². The van der Waals surface area contributed by atoms with E-state index in [1.807, 2.05) is 31.2 Å². The van der Waals surface area contributed by atoms with Crippen molar-refractivity contribution >= 4 is 11.6 Å². The first-order valence-electron chi connectivity index (χ1n) is 9.89. The summed E-state index contributed by atoms with van der Waals surface area (Å²) in [5.41, 5.74) is -0.0299. The quantitative estimate of drug-likeness (QED) is 0.681. The summed E-state index contributed by atoms with van der Waals surface area (Å²) in [5, 5.41) is 2.95. The van der Waals surface area contributed by atoms with E-state index in [4.69, 9.17) is 9.47 Å². The number of benzene rings is 1. The largest absolute Gasteiger partial charge is 0.492 e. The molecule has 0 aromatic heterocycles. The number of piperidine rings is 1. The van der Waals surface area contributed by atoms with Gasteiger partial charge in [0, 0.05) is 19.3 Å². The smallest absolute Gasteiger partial charge is 0.256 e. The summed E-state index contributed by atoms with van der Waals surface area (Å²) in [5.74, 6) is 0.729. The van der Waals surface area contributed by atoms with Gasteiger partial charge < -0.3 is 14.8 Å². The highest BCUT2D eigenvalue weighted by Crippen LogP contribution is 2.22. The van der Waals surface area contributed by atoms with Gasteiger partial charge in [0.1, 0.15) is 18.0 Å². The fourth-order valence-electron chi connectivity index (χ4n) is 3.20. The van der Waals surface area contributed by atoms with Gasteiger partial charge in [-0.15, -0.1) is 0 Å².